The number of carbonyl (C=O) groups excluding carboxylic acids is 1. The summed E-state index contributed by atoms with van der Waals surface area (Å²) in [6, 6.07) is 4.73. The summed E-state index contributed by atoms with van der Waals surface area (Å²) in [5, 5.41) is 13.8. The van der Waals surface area contributed by atoms with Crippen LogP contribution in [0.1, 0.15) is 35.3 Å². The van der Waals surface area contributed by atoms with Gasteiger partial charge >= 0.3 is 0 Å². The molecule has 0 saturated carbocycles. The van der Waals surface area contributed by atoms with E-state index >= 15 is 0 Å². The maximum Gasteiger partial charge on any atom is 0.261 e. The third-order valence-corrected chi connectivity index (χ3v) is 4.85. The second-order valence-corrected chi connectivity index (χ2v) is 7.36. The smallest absolute Gasteiger partial charge is 0.261 e. The lowest BCUT2D eigenvalue weighted by Gasteiger charge is -2.40. The fraction of sp³-hybridized carbons (Fsp3) is 0.444. The first-order valence-corrected chi connectivity index (χ1v) is 8.30. The van der Waals surface area contributed by atoms with Crippen molar-refractivity contribution in [2.75, 3.05) is 13.2 Å². The minimum Gasteiger partial charge on any atom is -0.474 e. The largest absolute Gasteiger partial charge is 0.474 e. The Kier molecular flexibility index (Phi) is 3.57. The number of carbonyl (C=O) groups is 1. The second-order valence-electron chi connectivity index (χ2n) is 7.36. The molecule has 2 aliphatic rings. The normalized spacial score (nSPS) is 21.3. The van der Waals surface area contributed by atoms with E-state index in [1.165, 1.54) is 16.9 Å². The number of nitrogens with zero attached hydrogens (tertiary/aromatic N) is 3. The summed E-state index contributed by atoms with van der Waals surface area (Å²) in [7, 11) is 0. The summed E-state index contributed by atoms with van der Waals surface area (Å²) in [4.78, 5) is 14.8. The van der Waals surface area contributed by atoms with Gasteiger partial charge in [0, 0.05) is 18.5 Å². The quantitative estimate of drug-likeness (QED) is 0.854. The second kappa shape index (κ2) is 5.56. The number of rotatable bonds is 1. The number of ether oxygens (including phenoxy) is 1. The van der Waals surface area contributed by atoms with E-state index in [1.807, 2.05) is 13.8 Å². The van der Waals surface area contributed by atoms with E-state index < -0.39 is 6.10 Å². The van der Waals surface area contributed by atoms with Gasteiger partial charge in [0.1, 0.15) is 24.1 Å². The molecular weight excluding hydrogens is 325 g/mol. The Morgan fingerprint density at radius 3 is 3.04 bits per heavy atom. The molecular formula is C18H20FN3O3. The van der Waals surface area contributed by atoms with Gasteiger partial charge in [0.2, 0.25) is 5.88 Å². The zero-order valence-electron chi connectivity index (χ0n) is 14.2. The highest BCUT2D eigenvalue weighted by Gasteiger charge is 2.36. The number of hydrogen-bond acceptors (Lipinski definition) is 4. The SMILES string of the molecule is CC1(C)CN(C(=O)c2cnn3c2OCC(O)C3)Cc2ccc(F)cc21. The lowest BCUT2D eigenvalue weighted by atomic mass is 9.78. The number of benzene rings is 1. The molecule has 1 aromatic carbocycles. The molecule has 132 valence electrons. The Labute approximate surface area is 144 Å². The Hall–Kier alpha value is -2.41. The Balaban J connectivity index is 1.65. The van der Waals surface area contributed by atoms with Gasteiger partial charge in [-0.1, -0.05) is 19.9 Å². The molecule has 6 nitrogen and oxygen atoms in total. The average molecular weight is 345 g/mol. The number of aromatic nitrogens is 2. The first kappa shape index (κ1) is 16.1. The van der Waals surface area contributed by atoms with Crippen molar-refractivity contribution < 1.29 is 19.0 Å². The minimum absolute atomic E-state index is 0.152. The highest BCUT2D eigenvalue weighted by Crippen LogP contribution is 2.35. The first-order chi connectivity index (χ1) is 11.8. The van der Waals surface area contributed by atoms with Crippen LogP contribution >= 0.6 is 0 Å². The van der Waals surface area contributed by atoms with Gasteiger partial charge < -0.3 is 14.7 Å². The van der Waals surface area contributed by atoms with E-state index in [0.29, 0.717) is 31.1 Å². The van der Waals surface area contributed by atoms with Crippen LogP contribution in [0.2, 0.25) is 0 Å². The molecule has 0 spiro atoms. The first-order valence-electron chi connectivity index (χ1n) is 8.30. The third-order valence-electron chi connectivity index (χ3n) is 4.85. The molecule has 1 amide bonds. The van der Waals surface area contributed by atoms with Crippen LogP contribution in [0.15, 0.2) is 24.4 Å². The van der Waals surface area contributed by atoms with Crippen molar-refractivity contribution in [3.63, 3.8) is 0 Å². The Morgan fingerprint density at radius 1 is 1.44 bits per heavy atom. The summed E-state index contributed by atoms with van der Waals surface area (Å²) in [6.07, 6.45) is 0.870. The molecule has 0 saturated heterocycles. The van der Waals surface area contributed by atoms with Crippen LogP contribution in [0, 0.1) is 5.82 Å². The molecule has 25 heavy (non-hydrogen) atoms. The van der Waals surface area contributed by atoms with Crippen LogP contribution in [0.25, 0.3) is 0 Å². The molecule has 0 bridgehead atoms. The molecule has 0 radical (unpaired) electrons. The predicted molar refractivity (Wildman–Crippen MR) is 87.9 cm³/mol. The number of aliphatic hydroxyl groups excluding tert-OH is 1. The highest BCUT2D eigenvalue weighted by molar-refractivity contribution is 5.96. The summed E-state index contributed by atoms with van der Waals surface area (Å²) >= 11 is 0. The van der Waals surface area contributed by atoms with Gasteiger partial charge in [0.05, 0.1) is 12.7 Å². The van der Waals surface area contributed by atoms with Gasteiger partial charge in [-0.3, -0.25) is 4.79 Å². The standard InChI is InChI=1S/C18H20FN3O3/c1-18(2)10-21(7-11-3-4-12(19)5-15(11)18)16(24)14-6-20-22-8-13(23)9-25-17(14)22/h3-6,13,23H,7-10H2,1-2H3. The number of fused-ring (bicyclic) bond motifs is 2. The van der Waals surface area contributed by atoms with Crippen molar-refractivity contribution >= 4 is 5.91 Å². The average Bonchev–Trinajstić information content (AvgIpc) is 2.97. The van der Waals surface area contributed by atoms with Crippen LogP contribution in [0.3, 0.4) is 0 Å². The third kappa shape index (κ3) is 2.68. The van der Waals surface area contributed by atoms with E-state index in [9.17, 15) is 14.3 Å². The highest BCUT2D eigenvalue weighted by atomic mass is 19.1. The van der Waals surface area contributed by atoms with E-state index in [-0.39, 0.29) is 23.7 Å². The van der Waals surface area contributed by atoms with Crippen LogP contribution < -0.4 is 4.74 Å². The molecule has 1 N–H and O–H groups in total. The van der Waals surface area contributed by atoms with Crippen LogP contribution in [0.5, 0.6) is 5.88 Å². The molecule has 4 rings (SSSR count). The van der Waals surface area contributed by atoms with Gasteiger partial charge in [-0.15, -0.1) is 0 Å². The van der Waals surface area contributed by atoms with Crippen molar-refractivity contribution in [2.45, 2.75) is 38.5 Å². The summed E-state index contributed by atoms with van der Waals surface area (Å²) < 4.78 is 20.6. The lowest BCUT2D eigenvalue weighted by Crippen LogP contribution is -2.45. The summed E-state index contributed by atoms with van der Waals surface area (Å²) in [6.45, 7) is 5.38. The van der Waals surface area contributed by atoms with Gasteiger partial charge in [0.15, 0.2) is 0 Å². The van der Waals surface area contributed by atoms with Crippen molar-refractivity contribution in [2.24, 2.45) is 0 Å². The molecule has 2 aliphatic heterocycles. The van der Waals surface area contributed by atoms with E-state index in [2.05, 4.69) is 5.10 Å². The van der Waals surface area contributed by atoms with Crippen molar-refractivity contribution in [3.05, 3.63) is 46.9 Å². The lowest BCUT2D eigenvalue weighted by molar-refractivity contribution is 0.0521. The molecule has 1 aromatic heterocycles. The Morgan fingerprint density at radius 2 is 2.24 bits per heavy atom. The van der Waals surface area contributed by atoms with Crippen LogP contribution in [0.4, 0.5) is 4.39 Å². The number of amides is 1. The molecule has 1 atom stereocenters. The van der Waals surface area contributed by atoms with E-state index in [1.54, 1.807) is 17.0 Å². The zero-order chi connectivity index (χ0) is 17.8. The van der Waals surface area contributed by atoms with Gasteiger partial charge in [-0.05, 0) is 23.3 Å². The fourth-order valence-electron chi connectivity index (χ4n) is 3.68. The fourth-order valence-corrected chi connectivity index (χ4v) is 3.68. The molecule has 0 aliphatic carbocycles. The molecule has 2 aromatic rings. The van der Waals surface area contributed by atoms with Crippen molar-refractivity contribution in [1.29, 1.82) is 0 Å². The monoisotopic (exact) mass is 345 g/mol. The van der Waals surface area contributed by atoms with Gasteiger partial charge in [-0.25, -0.2) is 9.07 Å². The van der Waals surface area contributed by atoms with Crippen LogP contribution in [-0.4, -0.2) is 44.9 Å². The van der Waals surface area contributed by atoms with Gasteiger partial charge in [-0.2, -0.15) is 5.10 Å². The molecule has 3 heterocycles. The molecule has 7 heteroatoms. The number of aliphatic hydroxyl groups is 1. The molecule has 1 unspecified atom stereocenters. The van der Waals surface area contributed by atoms with Gasteiger partial charge in [0.25, 0.3) is 5.91 Å². The van der Waals surface area contributed by atoms with Crippen LogP contribution in [-0.2, 0) is 18.5 Å². The van der Waals surface area contributed by atoms with E-state index in [4.69, 9.17) is 4.74 Å². The zero-order valence-corrected chi connectivity index (χ0v) is 14.2. The number of halogens is 1. The Bertz CT molecular complexity index is 846. The summed E-state index contributed by atoms with van der Waals surface area (Å²) in [5.41, 5.74) is 1.93. The maximum absolute atomic E-state index is 13.6. The topological polar surface area (TPSA) is 67.6 Å². The molecule has 0 fully saturated rings. The maximum atomic E-state index is 13.6. The predicted octanol–water partition coefficient (Wildman–Crippen LogP) is 1.71. The number of hydrogen-bond donors (Lipinski definition) is 1. The van der Waals surface area contributed by atoms with E-state index in [0.717, 1.165) is 11.1 Å². The minimum atomic E-state index is -0.619. The van der Waals surface area contributed by atoms with Crippen molar-refractivity contribution in [3.8, 4) is 5.88 Å². The van der Waals surface area contributed by atoms with Crippen molar-refractivity contribution in [1.82, 2.24) is 14.7 Å². The summed E-state index contributed by atoms with van der Waals surface area (Å²) in [5.74, 6) is -0.0250.